The van der Waals surface area contributed by atoms with Crippen LogP contribution in [-0.2, 0) is 0 Å². The summed E-state index contributed by atoms with van der Waals surface area (Å²) in [5.41, 5.74) is 1.24. The lowest BCUT2D eigenvalue weighted by atomic mass is 10.1. The average Bonchev–Trinajstić information content (AvgIpc) is 2.41. The molecule has 2 heteroatoms. The molecule has 0 radical (unpaired) electrons. The maximum atomic E-state index is 3.93. The standard InChI is InChI=1S/C13H26N2/c1-4-8-15-9-5-6-13(7-10-15)14-11-12(2)3/h13-14H,2,4-11H2,1,3H3. The van der Waals surface area contributed by atoms with Crippen LogP contribution in [0.5, 0.6) is 0 Å². The van der Waals surface area contributed by atoms with Crippen molar-refractivity contribution in [3.05, 3.63) is 12.2 Å². The summed E-state index contributed by atoms with van der Waals surface area (Å²) in [6.07, 6.45) is 5.25. The van der Waals surface area contributed by atoms with Gasteiger partial charge in [0.05, 0.1) is 0 Å². The highest BCUT2D eigenvalue weighted by Gasteiger charge is 2.15. The monoisotopic (exact) mass is 210 g/mol. The van der Waals surface area contributed by atoms with Crippen molar-refractivity contribution in [2.24, 2.45) is 0 Å². The summed E-state index contributed by atoms with van der Waals surface area (Å²) < 4.78 is 0. The summed E-state index contributed by atoms with van der Waals surface area (Å²) in [6, 6.07) is 0.712. The van der Waals surface area contributed by atoms with Crippen LogP contribution < -0.4 is 5.32 Å². The van der Waals surface area contributed by atoms with Gasteiger partial charge in [-0.05, 0) is 52.2 Å². The minimum Gasteiger partial charge on any atom is -0.310 e. The summed E-state index contributed by atoms with van der Waals surface area (Å²) in [4.78, 5) is 2.60. The van der Waals surface area contributed by atoms with Gasteiger partial charge in [0.25, 0.3) is 0 Å². The van der Waals surface area contributed by atoms with E-state index >= 15 is 0 Å². The summed E-state index contributed by atoms with van der Waals surface area (Å²) in [5.74, 6) is 0. The zero-order valence-corrected chi connectivity index (χ0v) is 10.4. The fraction of sp³-hybridized carbons (Fsp3) is 0.846. The number of hydrogen-bond donors (Lipinski definition) is 1. The Balaban J connectivity index is 2.23. The first-order valence-corrected chi connectivity index (χ1v) is 6.32. The maximum absolute atomic E-state index is 3.93. The fourth-order valence-electron chi connectivity index (χ4n) is 2.22. The van der Waals surface area contributed by atoms with E-state index in [1.165, 1.54) is 50.9 Å². The maximum Gasteiger partial charge on any atom is 0.0161 e. The lowest BCUT2D eigenvalue weighted by Crippen LogP contribution is -2.32. The van der Waals surface area contributed by atoms with E-state index < -0.39 is 0 Å². The van der Waals surface area contributed by atoms with E-state index in [0.717, 1.165) is 6.54 Å². The second kappa shape index (κ2) is 7.02. The summed E-state index contributed by atoms with van der Waals surface area (Å²) in [6.45, 7) is 13.1. The van der Waals surface area contributed by atoms with E-state index in [1.807, 2.05) is 0 Å². The third kappa shape index (κ3) is 5.33. The highest BCUT2D eigenvalue weighted by molar-refractivity contribution is 4.92. The van der Waals surface area contributed by atoms with Crippen LogP contribution in [0.25, 0.3) is 0 Å². The lowest BCUT2D eigenvalue weighted by Gasteiger charge is -2.19. The molecule has 1 aliphatic heterocycles. The topological polar surface area (TPSA) is 15.3 Å². The average molecular weight is 210 g/mol. The molecule has 0 aromatic rings. The number of rotatable bonds is 5. The first-order chi connectivity index (χ1) is 7.22. The largest absolute Gasteiger partial charge is 0.310 e. The van der Waals surface area contributed by atoms with Crippen molar-refractivity contribution in [1.29, 1.82) is 0 Å². The van der Waals surface area contributed by atoms with Crippen LogP contribution in [0.3, 0.4) is 0 Å². The third-order valence-corrected chi connectivity index (χ3v) is 3.05. The van der Waals surface area contributed by atoms with Crippen LogP contribution in [0.15, 0.2) is 12.2 Å². The molecule has 15 heavy (non-hydrogen) atoms. The molecule has 1 aliphatic rings. The van der Waals surface area contributed by atoms with Gasteiger partial charge in [0.2, 0.25) is 0 Å². The van der Waals surface area contributed by atoms with Crippen molar-refractivity contribution in [2.75, 3.05) is 26.2 Å². The van der Waals surface area contributed by atoms with Gasteiger partial charge in [0.15, 0.2) is 0 Å². The minimum atomic E-state index is 0.712. The van der Waals surface area contributed by atoms with Crippen molar-refractivity contribution in [3.8, 4) is 0 Å². The summed E-state index contributed by atoms with van der Waals surface area (Å²) in [7, 11) is 0. The van der Waals surface area contributed by atoms with Gasteiger partial charge in [-0.3, -0.25) is 0 Å². The molecule has 88 valence electrons. The van der Waals surface area contributed by atoms with Gasteiger partial charge in [-0.1, -0.05) is 19.1 Å². The van der Waals surface area contributed by atoms with Crippen LogP contribution in [0.2, 0.25) is 0 Å². The molecule has 2 nitrogen and oxygen atoms in total. The van der Waals surface area contributed by atoms with Crippen molar-refractivity contribution in [2.45, 2.75) is 45.6 Å². The Morgan fingerprint density at radius 3 is 2.87 bits per heavy atom. The highest BCUT2D eigenvalue weighted by Crippen LogP contribution is 2.11. The van der Waals surface area contributed by atoms with Crippen molar-refractivity contribution in [3.63, 3.8) is 0 Å². The third-order valence-electron chi connectivity index (χ3n) is 3.05. The van der Waals surface area contributed by atoms with Crippen LogP contribution in [0, 0.1) is 0 Å². The normalized spacial score (nSPS) is 23.7. The van der Waals surface area contributed by atoms with Crippen molar-refractivity contribution < 1.29 is 0 Å². The van der Waals surface area contributed by atoms with Crippen molar-refractivity contribution >= 4 is 0 Å². The minimum absolute atomic E-state index is 0.712. The molecule has 1 saturated heterocycles. The van der Waals surface area contributed by atoms with Gasteiger partial charge in [-0.15, -0.1) is 0 Å². The molecule has 1 unspecified atom stereocenters. The first-order valence-electron chi connectivity index (χ1n) is 6.32. The molecule has 1 N–H and O–H groups in total. The second-order valence-electron chi connectivity index (χ2n) is 4.81. The molecule has 1 rings (SSSR count). The van der Waals surface area contributed by atoms with Crippen LogP contribution in [-0.4, -0.2) is 37.1 Å². The fourth-order valence-corrected chi connectivity index (χ4v) is 2.22. The molecule has 0 aromatic heterocycles. The molecule has 0 aromatic carbocycles. The predicted octanol–water partition coefficient (Wildman–Crippen LogP) is 2.42. The van der Waals surface area contributed by atoms with E-state index in [-0.39, 0.29) is 0 Å². The SMILES string of the molecule is C=C(C)CNC1CCCN(CCC)CC1. The molecule has 0 aliphatic carbocycles. The molecule has 0 spiro atoms. The predicted molar refractivity (Wildman–Crippen MR) is 67.2 cm³/mol. The van der Waals surface area contributed by atoms with Crippen LogP contribution in [0.4, 0.5) is 0 Å². The zero-order chi connectivity index (χ0) is 11.1. The van der Waals surface area contributed by atoms with E-state index in [9.17, 15) is 0 Å². The molecular weight excluding hydrogens is 184 g/mol. The van der Waals surface area contributed by atoms with E-state index in [2.05, 4.69) is 30.6 Å². The van der Waals surface area contributed by atoms with Crippen LogP contribution in [0.1, 0.15) is 39.5 Å². The Kier molecular flexibility index (Phi) is 5.96. The second-order valence-corrected chi connectivity index (χ2v) is 4.81. The highest BCUT2D eigenvalue weighted by atomic mass is 15.1. The quantitative estimate of drug-likeness (QED) is 0.701. The smallest absolute Gasteiger partial charge is 0.0161 e. The lowest BCUT2D eigenvalue weighted by molar-refractivity contribution is 0.283. The number of nitrogens with one attached hydrogen (secondary N) is 1. The summed E-state index contributed by atoms with van der Waals surface area (Å²) in [5, 5.41) is 3.60. The molecule has 1 atom stereocenters. The van der Waals surface area contributed by atoms with Gasteiger partial charge in [-0.25, -0.2) is 0 Å². The Bertz CT molecular complexity index is 189. The number of hydrogen-bond acceptors (Lipinski definition) is 2. The van der Waals surface area contributed by atoms with Crippen LogP contribution >= 0.6 is 0 Å². The zero-order valence-electron chi connectivity index (χ0n) is 10.4. The van der Waals surface area contributed by atoms with E-state index in [1.54, 1.807) is 0 Å². The van der Waals surface area contributed by atoms with Gasteiger partial charge >= 0.3 is 0 Å². The first kappa shape index (κ1) is 12.7. The molecule has 1 heterocycles. The molecule has 0 amide bonds. The van der Waals surface area contributed by atoms with Gasteiger partial charge in [-0.2, -0.15) is 0 Å². The van der Waals surface area contributed by atoms with E-state index in [0.29, 0.717) is 6.04 Å². The number of likely N-dealkylation sites (tertiary alicyclic amines) is 1. The molecule has 0 bridgehead atoms. The Morgan fingerprint density at radius 2 is 2.20 bits per heavy atom. The van der Waals surface area contributed by atoms with Gasteiger partial charge < -0.3 is 10.2 Å². The van der Waals surface area contributed by atoms with Crippen molar-refractivity contribution in [1.82, 2.24) is 10.2 Å². The molecule has 0 saturated carbocycles. The number of nitrogens with zero attached hydrogens (tertiary/aromatic N) is 1. The van der Waals surface area contributed by atoms with Gasteiger partial charge in [0.1, 0.15) is 0 Å². The summed E-state index contributed by atoms with van der Waals surface area (Å²) >= 11 is 0. The Labute approximate surface area is 94.7 Å². The molecular formula is C13H26N2. The Hall–Kier alpha value is -0.340. The van der Waals surface area contributed by atoms with Gasteiger partial charge in [0, 0.05) is 12.6 Å². The molecule has 1 fully saturated rings. The Morgan fingerprint density at radius 1 is 1.40 bits per heavy atom. The van der Waals surface area contributed by atoms with E-state index in [4.69, 9.17) is 0 Å².